The number of carbonyl (C=O) groups excluding carboxylic acids is 5. The van der Waals surface area contributed by atoms with Crippen LogP contribution in [0.5, 0.6) is 23.0 Å². The van der Waals surface area contributed by atoms with Crippen LogP contribution in [0, 0.1) is 11.6 Å². The zero-order valence-electron chi connectivity index (χ0n) is 34.7. The van der Waals surface area contributed by atoms with Crippen molar-refractivity contribution in [3.8, 4) is 23.0 Å². The van der Waals surface area contributed by atoms with Crippen LogP contribution in [0.25, 0.3) is 10.1 Å². The van der Waals surface area contributed by atoms with Gasteiger partial charge >= 0.3 is 11.9 Å². The number of esters is 2. The molecule has 0 spiro atoms. The van der Waals surface area contributed by atoms with Crippen molar-refractivity contribution in [3.05, 3.63) is 45.8 Å². The first-order valence-corrected chi connectivity index (χ1v) is 20.4. The van der Waals surface area contributed by atoms with Crippen LogP contribution >= 0.6 is 23.7 Å². The second-order valence-corrected chi connectivity index (χ2v) is 14.6. The molecule has 1 aliphatic heterocycles. The van der Waals surface area contributed by atoms with E-state index in [1.807, 2.05) is 0 Å². The fourth-order valence-electron chi connectivity index (χ4n) is 6.03. The van der Waals surface area contributed by atoms with E-state index in [1.165, 1.54) is 25.2 Å². The van der Waals surface area contributed by atoms with Crippen LogP contribution in [0.1, 0.15) is 73.2 Å². The highest BCUT2D eigenvalue weighted by Crippen LogP contribution is 2.41. The van der Waals surface area contributed by atoms with Gasteiger partial charge in [-0.1, -0.05) is 0 Å². The van der Waals surface area contributed by atoms with E-state index in [2.05, 4.69) is 5.32 Å². The van der Waals surface area contributed by atoms with Gasteiger partial charge in [0.25, 0.3) is 0 Å². The number of rotatable bonds is 27. The molecule has 0 unspecified atom stereocenters. The van der Waals surface area contributed by atoms with Gasteiger partial charge in [-0.15, -0.1) is 23.7 Å². The van der Waals surface area contributed by atoms with Gasteiger partial charge in [0.15, 0.2) is 40.4 Å². The smallest absolute Gasteiger partial charge is 0.306 e. The highest BCUT2D eigenvalue weighted by Gasteiger charge is 2.31. The Labute approximate surface area is 363 Å². The standard InChI is InChI=1S/C41H53F2N3O13S.ClH/c1-5-56-36(50)9-7-29(47)33-20-27-32(60-33)21-31(53-4)41(38(27)42)58-14-6-13-57-40-30(52-3)19-26-23-46(24-28(26)39(40)43)35(49)8-10-37(51)59-25(2)22-45-34(48)11-15-54-17-18-55-16-12-44;/h19-21,25H,5-18,22-24,44H2,1-4H3,(H,45,48);1H/t25-;/m0./s1. The minimum atomic E-state index is -0.719. The van der Waals surface area contributed by atoms with Gasteiger partial charge in [0, 0.05) is 67.0 Å². The van der Waals surface area contributed by atoms with Gasteiger partial charge in [0.1, 0.15) is 6.10 Å². The molecule has 0 fully saturated rings. The number of ether oxygens (including phenoxy) is 8. The van der Waals surface area contributed by atoms with E-state index in [0.717, 1.165) is 11.3 Å². The van der Waals surface area contributed by atoms with E-state index in [1.54, 1.807) is 26.0 Å². The van der Waals surface area contributed by atoms with Gasteiger partial charge in [0.05, 0.1) is 84.7 Å². The number of nitrogens with one attached hydrogen (secondary N) is 1. The molecule has 4 rings (SSSR count). The molecule has 61 heavy (non-hydrogen) atoms. The summed E-state index contributed by atoms with van der Waals surface area (Å²) in [6, 6.07) is 4.58. The lowest BCUT2D eigenvalue weighted by Crippen LogP contribution is -2.34. The third kappa shape index (κ3) is 14.9. The number of thiophene rings is 1. The number of nitrogens with two attached hydrogens (primary N) is 1. The maximum absolute atomic E-state index is 15.8. The molecule has 1 atom stereocenters. The van der Waals surface area contributed by atoms with Crippen molar-refractivity contribution >= 4 is 63.4 Å². The highest BCUT2D eigenvalue weighted by atomic mass is 35.5. The van der Waals surface area contributed by atoms with Gasteiger partial charge in [-0.3, -0.25) is 24.0 Å². The Morgan fingerprint density at radius 3 is 2.15 bits per heavy atom. The molecular formula is C41H54ClF2N3O13S. The lowest BCUT2D eigenvalue weighted by molar-refractivity contribution is -0.150. The van der Waals surface area contributed by atoms with Crippen molar-refractivity contribution in [2.45, 2.75) is 71.6 Å². The number of halogens is 3. The van der Waals surface area contributed by atoms with E-state index in [-0.39, 0.29) is 153 Å². The Hall–Kier alpha value is -4.82. The molecule has 0 bridgehead atoms. The summed E-state index contributed by atoms with van der Waals surface area (Å²) in [6.45, 7) is 5.36. The molecule has 1 aromatic heterocycles. The average molecular weight is 902 g/mol. The summed E-state index contributed by atoms with van der Waals surface area (Å²) in [4.78, 5) is 63.6. The summed E-state index contributed by atoms with van der Waals surface area (Å²) in [7, 11) is 2.72. The van der Waals surface area contributed by atoms with Gasteiger partial charge in [0.2, 0.25) is 11.8 Å². The van der Waals surface area contributed by atoms with Crippen molar-refractivity contribution in [1.82, 2.24) is 10.2 Å². The second kappa shape index (κ2) is 25.8. The number of hydrogen-bond acceptors (Lipinski definition) is 15. The largest absolute Gasteiger partial charge is 0.493 e. The second-order valence-electron chi connectivity index (χ2n) is 13.5. The molecule has 3 N–H and O–H groups in total. The first-order chi connectivity index (χ1) is 28.9. The van der Waals surface area contributed by atoms with Crippen molar-refractivity contribution < 1.29 is 70.6 Å². The molecule has 0 saturated heterocycles. The lowest BCUT2D eigenvalue weighted by Gasteiger charge is -2.17. The fraction of sp³-hybridized carbons (Fsp3) is 0.537. The fourth-order valence-corrected chi connectivity index (χ4v) is 7.09. The summed E-state index contributed by atoms with van der Waals surface area (Å²) in [5.41, 5.74) is 6.12. The summed E-state index contributed by atoms with van der Waals surface area (Å²) in [6.07, 6.45) is -0.829. The molecule has 0 radical (unpaired) electrons. The number of hydrogen-bond donors (Lipinski definition) is 2. The molecule has 2 heterocycles. The van der Waals surface area contributed by atoms with Crippen molar-refractivity contribution in [3.63, 3.8) is 0 Å². The Balaban J connectivity index is 0.00000992. The number of methoxy groups -OCH3 is 2. The van der Waals surface area contributed by atoms with Crippen molar-refractivity contribution in [2.24, 2.45) is 5.73 Å². The molecule has 338 valence electrons. The monoisotopic (exact) mass is 901 g/mol. The Morgan fingerprint density at radius 2 is 1.48 bits per heavy atom. The summed E-state index contributed by atoms with van der Waals surface area (Å²) in [5, 5.41) is 2.83. The molecule has 16 nitrogen and oxygen atoms in total. The predicted molar refractivity (Wildman–Crippen MR) is 222 cm³/mol. The number of ketones is 1. The van der Waals surface area contributed by atoms with E-state index >= 15 is 8.78 Å². The molecular weight excluding hydrogens is 848 g/mol. The maximum atomic E-state index is 15.8. The van der Waals surface area contributed by atoms with Gasteiger partial charge in [-0.05, 0) is 31.5 Å². The maximum Gasteiger partial charge on any atom is 0.306 e. The molecule has 2 aromatic carbocycles. The Bertz CT molecular complexity index is 1970. The van der Waals surface area contributed by atoms with Crippen LogP contribution in [0.15, 0.2) is 18.2 Å². The number of nitrogens with zero attached hydrogens (tertiary/aromatic N) is 1. The summed E-state index contributed by atoms with van der Waals surface area (Å²) >= 11 is 1.08. The van der Waals surface area contributed by atoms with Crippen LogP contribution in [0.2, 0.25) is 0 Å². The number of carbonyl (C=O) groups is 5. The number of fused-ring (bicyclic) bond motifs is 2. The zero-order valence-corrected chi connectivity index (χ0v) is 36.4. The normalized spacial score (nSPS) is 12.3. The van der Waals surface area contributed by atoms with Crippen molar-refractivity contribution in [2.75, 3.05) is 73.6 Å². The molecule has 20 heteroatoms. The van der Waals surface area contributed by atoms with Gasteiger partial charge in [-0.2, -0.15) is 0 Å². The zero-order chi connectivity index (χ0) is 43.6. The summed E-state index contributed by atoms with van der Waals surface area (Å²) in [5.74, 6) is -3.56. The van der Waals surface area contributed by atoms with E-state index in [9.17, 15) is 24.0 Å². The average Bonchev–Trinajstić information content (AvgIpc) is 3.87. The van der Waals surface area contributed by atoms with E-state index < -0.39 is 29.7 Å². The minimum Gasteiger partial charge on any atom is -0.493 e. The van der Waals surface area contributed by atoms with Crippen LogP contribution in [0.4, 0.5) is 8.78 Å². The van der Waals surface area contributed by atoms with E-state index in [4.69, 9.17) is 43.6 Å². The van der Waals surface area contributed by atoms with Gasteiger partial charge in [-0.25, -0.2) is 8.78 Å². The van der Waals surface area contributed by atoms with Crippen LogP contribution in [-0.2, 0) is 51.2 Å². The van der Waals surface area contributed by atoms with E-state index in [0.29, 0.717) is 36.6 Å². The molecule has 1 aliphatic rings. The minimum absolute atomic E-state index is 0. The molecule has 2 amide bonds. The molecule has 0 aliphatic carbocycles. The summed E-state index contributed by atoms with van der Waals surface area (Å²) < 4.78 is 74.9. The number of Topliss-reactive ketones (excluding diaryl/α,β-unsaturated/α-hetero) is 1. The van der Waals surface area contributed by atoms with Crippen molar-refractivity contribution in [1.29, 1.82) is 0 Å². The Kier molecular flexibility index (Phi) is 21.4. The Morgan fingerprint density at radius 1 is 0.820 bits per heavy atom. The van der Waals surface area contributed by atoms with Crippen LogP contribution in [-0.4, -0.2) is 114 Å². The predicted octanol–water partition coefficient (Wildman–Crippen LogP) is 5.04. The van der Waals surface area contributed by atoms with Crippen LogP contribution < -0.4 is 30.0 Å². The third-order valence-electron chi connectivity index (χ3n) is 9.05. The highest BCUT2D eigenvalue weighted by molar-refractivity contribution is 7.20. The molecule has 3 aromatic rings. The first-order valence-electron chi connectivity index (χ1n) is 19.6. The lowest BCUT2D eigenvalue weighted by atomic mass is 10.1. The van der Waals surface area contributed by atoms with Crippen LogP contribution in [0.3, 0.4) is 0 Å². The quantitative estimate of drug-likeness (QED) is 0.0586. The van der Waals surface area contributed by atoms with Gasteiger partial charge < -0.3 is 53.8 Å². The first kappa shape index (κ1) is 50.5. The number of amides is 2. The SMILES string of the molecule is CCOC(=O)CCC(=O)c1cc2c(F)c(OCCCOc3c(OC)cc4c(c3F)CN(C(=O)CCC(=O)O[C@@H](C)CNC(=O)CCOCCOCCN)C4)c(OC)cc2s1.Cl. The molecule has 0 saturated carbocycles. The third-order valence-corrected chi connectivity index (χ3v) is 10.2. The number of benzene rings is 2. The topological polar surface area (TPSA) is 200 Å².